The first-order valence-electron chi connectivity index (χ1n) is 14.6. The smallest absolute Gasteiger partial charge is 0.370 e. The second kappa shape index (κ2) is 15.1. The van der Waals surface area contributed by atoms with E-state index < -0.39 is 29.6 Å². The van der Waals surface area contributed by atoms with Crippen LogP contribution in [-0.4, -0.2) is 36.3 Å². The lowest BCUT2D eigenvalue weighted by Crippen LogP contribution is -2.47. The molecule has 0 unspecified atom stereocenters. The van der Waals surface area contributed by atoms with E-state index in [4.69, 9.17) is 11.5 Å². The van der Waals surface area contributed by atoms with Crippen LogP contribution in [0.3, 0.4) is 0 Å². The molecule has 0 aromatic heterocycles. The second-order valence-electron chi connectivity index (χ2n) is 10.8. The summed E-state index contributed by atoms with van der Waals surface area (Å²) in [6.45, 7) is 2.24. The van der Waals surface area contributed by atoms with Gasteiger partial charge in [-0.2, -0.15) is 13.2 Å². The molecule has 0 saturated heterocycles. The highest BCUT2D eigenvalue weighted by molar-refractivity contribution is 5.98. The minimum atomic E-state index is -4.49. The zero-order valence-electron chi connectivity index (χ0n) is 25.1. The van der Waals surface area contributed by atoms with E-state index in [-0.39, 0.29) is 43.0 Å². The van der Waals surface area contributed by atoms with Crippen LogP contribution in [0.1, 0.15) is 63.2 Å². The van der Waals surface area contributed by atoms with Gasteiger partial charge in [0.05, 0.1) is 11.6 Å². The number of carbonyl (C=O) groups is 3. The Bertz CT molecular complexity index is 1700. The van der Waals surface area contributed by atoms with Crippen molar-refractivity contribution in [1.82, 2.24) is 16.0 Å². The molecule has 2 atom stereocenters. The largest absolute Gasteiger partial charge is 0.416 e. The van der Waals surface area contributed by atoms with E-state index in [9.17, 15) is 27.6 Å². The van der Waals surface area contributed by atoms with Crippen molar-refractivity contribution in [3.63, 3.8) is 0 Å². The van der Waals surface area contributed by atoms with E-state index in [1.54, 1.807) is 24.3 Å². The lowest BCUT2D eigenvalue weighted by molar-refractivity contribution is -0.137. The van der Waals surface area contributed by atoms with Gasteiger partial charge in [0.2, 0.25) is 5.91 Å². The molecule has 0 radical (unpaired) electrons. The fourth-order valence-electron chi connectivity index (χ4n) is 4.76. The maximum absolute atomic E-state index is 13.4. The summed E-state index contributed by atoms with van der Waals surface area (Å²) in [5.74, 6) is -1.43. The predicted molar refractivity (Wildman–Crippen MR) is 171 cm³/mol. The van der Waals surface area contributed by atoms with Crippen LogP contribution in [0.15, 0.2) is 96.0 Å². The third-order valence-electron chi connectivity index (χ3n) is 7.34. The standard InChI is InChI=1S/C34H35F3N6O3/c1-21(26-13-12-23-5-2-3-6-27(23)19-26)42-32(46)29(7-4-18-40-33(38)39)43-31(45)25-10-8-22(9-11-25)20-41-30(44)24-14-16-28(17-15-24)34(35,36)37/h2-3,5-6,8-17,19,21,29H,4,7,18,20H2,1H3,(H,41,44)(H,42,46)(H,43,45)(H4,38,39,40)/t21-,29+/m1/s1. The first-order chi connectivity index (χ1) is 21.9. The highest BCUT2D eigenvalue weighted by Crippen LogP contribution is 2.29. The number of benzene rings is 4. The molecule has 0 aliphatic carbocycles. The Morgan fingerprint density at radius 3 is 2.09 bits per heavy atom. The maximum Gasteiger partial charge on any atom is 0.416 e. The van der Waals surface area contributed by atoms with Gasteiger partial charge in [-0.25, -0.2) is 0 Å². The van der Waals surface area contributed by atoms with Gasteiger partial charge in [-0.05, 0) is 84.1 Å². The molecule has 4 aromatic carbocycles. The molecule has 240 valence electrons. The van der Waals surface area contributed by atoms with Crippen molar-refractivity contribution in [3.8, 4) is 0 Å². The highest BCUT2D eigenvalue weighted by atomic mass is 19.4. The number of fused-ring (bicyclic) bond motifs is 1. The van der Waals surface area contributed by atoms with Gasteiger partial charge in [-0.3, -0.25) is 19.4 Å². The number of hydrogen-bond acceptors (Lipinski definition) is 4. The molecule has 7 N–H and O–H groups in total. The van der Waals surface area contributed by atoms with Crippen molar-refractivity contribution >= 4 is 34.5 Å². The number of carbonyl (C=O) groups excluding carboxylic acids is 3. The molecular formula is C34H35F3N6O3. The molecule has 0 aliphatic heterocycles. The first-order valence-corrected chi connectivity index (χ1v) is 14.6. The zero-order chi connectivity index (χ0) is 33.3. The van der Waals surface area contributed by atoms with Gasteiger partial charge in [0.1, 0.15) is 6.04 Å². The molecule has 4 rings (SSSR count). The summed E-state index contributed by atoms with van der Waals surface area (Å²) in [7, 11) is 0. The topological polar surface area (TPSA) is 152 Å². The van der Waals surface area contributed by atoms with E-state index in [0.717, 1.165) is 40.6 Å². The molecule has 0 bridgehead atoms. The van der Waals surface area contributed by atoms with Gasteiger partial charge in [0.25, 0.3) is 11.8 Å². The molecule has 12 heteroatoms. The van der Waals surface area contributed by atoms with Crippen LogP contribution in [-0.2, 0) is 17.5 Å². The van der Waals surface area contributed by atoms with Crippen LogP contribution >= 0.6 is 0 Å². The van der Waals surface area contributed by atoms with E-state index >= 15 is 0 Å². The number of aliphatic imine (C=N–C) groups is 1. The summed E-state index contributed by atoms with van der Waals surface area (Å²) < 4.78 is 38.3. The second-order valence-corrected chi connectivity index (χ2v) is 10.8. The molecular weight excluding hydrogens is 597 g/mol. The Labute approximate surface area is 264 Å². The third kappa shape index (κ3) is 9.31. The molecule has 0 fully saturated rings. The lowest BCUT2D eigenvalue weighted by Gasteiger charge is -2.22. The van der Waals surface area contributed by atoms with Crippen molar-refractivity contribution < 1.29 is 27.6 Å². The van der Waals surface area contributed by atoms with Gasteiger partial charge in [-0.15, -0.1) is 0 Å². The first kappa shape index (κ1) is 33.5. The summed E-state index contributed by atoms with van der Waals surface area (Å²) in [5.41, 5.74) is 11.9. The number of amides is 3. The zero-order valence-corrected chi connectivity index (χ0v) is 25.1. The summed E-state index contributed by atoms with van der Waals surface area (Å²) in [6, 6.07) is 23.0. The van der Waals surface area contributed by atoms with Gasteiger partial charge < -0.3 is 27.4 Å². The number of nitrogens with two attached hydrogens (primary N) is 2. The van der Waals surface area contributed by atoms with Crippen molar-refractivity contribution in [2.75, 3.05) is 6.54 Å². The van der Waals surface area contributed by atoms with E-state index in [2.05, 4.69) is 20.9 Å². The van der Waals surface area contributed by atoms with E-state index in [0.29, 0.717) is 17.5 Å². The highest BCUT2D eigenvalue weighted by Gasteiger charge is 2.30. The molecule has 3 amide bonds. The van der Waals surface area contributed by atoms with Gasteiger partial charge in [0, 0.05) is 24.2 Å². The fraction of sp³-hybridized carbons (Fsp3) is 0.235. The van der Waals surface area contributed by atoms with Crippen molar-refractivity contribution in [3.05, 3.63) is 119 Å². The number of nitrogens with zero attached hydrogens (tertiary/aromatic N) is 1. The Morgan fingerprint density at radius 1 is 0.804 bits per heavy atom. The molecule has 0 aliphatic rings. The average molecular weight is 633 g/mol. The van der Waals surface area contributed by atoms with Gasteiger partial charge in [-0.1, -0.05) is 48.5 Å². The minimum absolute atomic E-state index is 0.0643. The molecule has 4 aromatic rings. The molecule has 0 spiro atoms. The number of guanidine groups is 1. The Balaban J connectivity index is 1.37. The Morgan fingerprint density at radius 2 is 1.43 bits per heavy atom. The third-order valence-corrected chi connectivity index (χ3v) is 7.34. The van der Waals surface area contributed by atoms with Crippen LogP contribution in [0, 0.1) is 0 Å². The summed E-state index contributed by atoms with van der Waals surface area (Å²) in [4.78, 5) is 42.9. The maximum atomic E-state index is 13.4. The van der Waals surface area contributed by atoms with Crippen molar-refractivity contribution in [1.29, 1.82) is 0 Å². The number of halogens is 3. The summed E-state index contributed by atoms with van der Waals surface area (Å²) in [6.07, 6.45) is -3.76. The van der Waals surface area contributed by atoms with Crippen LogP contribution in [0.5, 0.6) is 0 Å². The monoisotopic (exact) mass is 632 g/mol. The quantitative estimate of drug-likeness (QED) is 0.0862. The van der Waals surface area contributed by atoms with Gasteiger partial charge >= 0.3 is 6.18 Å². The lowest BCUT2D eigenvalue weighted by atomic mass is 10.0. The number of alkyl halides is 3. The predicted octanol–water partition coefficient (Wildman–Crippen LogP) is 4.82. The van der Waals surface area contributed by atoms with Gasteiger partial charge in [0.15, 0.2) is 5.96 Å². The normalized spacial score (nSPS) is 12.5. The van der Waals surface area contributed by atoms with Crippen molar-refractivity contribution in [2.45, 2.75) is 44.6 Å². The van der Waals surface area contributed by atoms with Crippen LogP contribution in [0.4, 0.5) is 13.2 Å². The number of nitrogens with one attached hydrogen (secondary N) is 3. The molecule has 9 nitrogen and oxygen atoms in total. The van der Waals surface area contributed by atoms with Crippen molar-refractivity contribution in [2.24, 2.45) is 16.5 Å². The van der Waals surface area contributed by atoms with Crippen LogP contribution < -0.4 is 27.4 Å². The Hall–Kier alpha value is -5.39. The number of rotatable bonds is 12. The number of hydrogen-bond donors (Lipinski definition) is 5. The molecule has 46 heavy (non-hydrogen) atoms. The molecule has 0 saturated carbocycles. The van der Waals surface area contributed by atoms with Crippen LogP contribution in [0.25, 0.3) is 10.8 Å². The van der Waals surface area contributed by atoms with E-state index in [1.165, 1.54) is 0 Å². The van der Waals surface area contributed by atoms with E-state index in [1.807, 2.05) is 49.4 Å². The summed E-state index contributed by atoms with van der Waals surface area (Å²) in [5, 5.41) is 10.6. The molecule has 0 heterocycles. The van der Waals surface area contributed by atoms with Crippen LogP contribution in [0.2, 0.25) is 0 Å². The minimum Gasteiger partial charge on any atom is -0.370 e. The summed E-state index contributed by atoms with van der Waals surface area (Å²) >= 11 is 0. The fourth-order valence-corrected chi connectivity index (χ4v) is 4.76. The Kier molecular flexibility index (Phi) is 11.0. The average Bonchev–Trinajstić information content (AvgIpc) is 3.04. The SMILES string of the molecule is C[C@@H](NC(=O)[C@H](CCCN=C(N)N)NC(=O)c1ccc(CNC(=O)c2ccc(C(F)(F)F)cc2)cc1)c1ccc2ccccc2c1.